The molecule has 3 heterocycles. The molecule has 26 heavy (non-hydrogen) atoms. The van der Waals surface area contributed by atoms with Crippen molar-refractivity contribution in [2.45, 2.75) is 19.9 Å². The molecule has 3 aromatic heterocycles. The third kappa shape index (κ3) is 3.70. The lowest BCUT2D eigenvalue weighted by atomic mass is 10.1. The lowest BCUT2D eigenvalue weighted by Crippen LogP contribution is -2.38. The minimum atomic E-state index is -0.441. The summed E-state index contributed by atoms with van der Waals surface area (Å²) in [5.74, 6) is 0.734. The van der Waals surface area contributed by atoms with Gasteiger partial charge in [0.1, 0.15) is 11.6 Å². The molecule has 0 fully saturated rings. The number of nitrogens with one attached hydrogen (secondary N) is 2. The van der Waals surface area contributed by atoms with Crippen LogP contribution in [-0.4, -0.2) is 38.7 Å². The Bertz CT molecular complexity index is 960. The lowest BCUT2D eigenvalue weighted by molar-refractivity contribution is 0.229. The molecule has 0 aliphatic rings. The molecule has 0 aromatic carbocycles. The fourth-order valence-electron chi connectivity index (χ4n) is 2.53. The number of hydrogen-bond donors (Lipinski definition) is 4. The molecule has 3 aromatic rings. The number of aromatic nitrogens is 3. The Hall–Kier alpha value is -3.26. The number of rotatable bonds is 4. The number of hydrogen-bond acceptors (Lipinski definition) is 6. The van der Waals surface area contributed by atoms with Crippen molar-refractivity contribution in [1.29, 1.82) is 0 Å². The first kappa shape index (κ1) is 17.6. The van der Waals surface area contributed by atoms with E-state index in [0.717, 1.165) is 16.5 Å². The number of nitrogen functional groups attached to an aromatic ring is 1. The highest BCUT2D eigenvalue weighted by Gasteiger charge is 2.11. The zero-order valence-corrected chi connectivity index (χ0v) is 14.5. The average molecular weight is 352 g/mol. The number of aliphatic hydroxyl groups excluding tert-OH is 1. The van der Waals surface area contributed by atoms with Crippen molar-refractivity contribution < 1.29 is 9.90 Å². The second kappa shape index (κ2) is 7.32. The summed E-state index contributed by atoms with van der Waals surface area (Å²) >= 11 is 0. The SMILES string of the molecule is Cc1ccncc1-c1cc2cc(NC(=O)N[C@H](C)CO)ncc2c(N)n1. The minimum absolute atomic E-state index is 0.144. The first-order valence-corrected chi connectivity index (χ1v) is 8.13. The van der Waals surface area contributed by atoms with Gasteiger partial charge in [-0.3, -0.25) is 10.3 Å². The van der Waals surface area contributed by atoms with E-state index < -0.39 is 6.03 Å². The molecule has 0 radical (unpaired) electrons. The van der Waals surface area contributed by atoms with Crippen LogP contribution in [0.1, 0.15) is 12.5 Å². The highest BCUT2D eigenvalue weighted by molar-refractivity contribution is 5.96. The van der Waals surface area contributed by atoms with Crippen LogP contribution in [0, 0.1) is 6.92 Å². The van der Waals surface area contributed by atoms with Crippen molar-refractivity contribution in [1.82, 2.24) is 20.3 Å². The average Bonchev–Trinajstić information content (AvgIpc) is 2.61. The third-order valence-corrected chi connectivity index (χ3v) is 3.95. The zero-order valence-electron chi connectivity index (χ0n) is 14.5. The Labute approximate surface area is 150 Å². The normalized spacial score (nSPS) is 12.0. The van der Waals surface area contributed by atoms with Crippen molar-refractivity contribution >= 4 is 28.4 Å². The quantitative estimate of drug-likeness (QED) is 0.569. The molecule has 0 bridgehead atoms. The van der Waals surface area contributed by atoms with Crippen LogP contribution in [0.2, 0.25) is 0 Å². The van der Waals surface area contributed by atoms with Crippen molar-refractivity contribution in [2.75, 3.05) is 17.7 Å². The summed E-state index contributed by atoms with van der Waals surface area (Å²) in [5.41, 5.74) is 8.71. The second-order valence-corrected chi connectivity index (χ2v) is 6.06. The van der Waals surface area contributed by atoms with Gasteiger partial charge < -0.3 is 16.2 Å². The number of fused-ring (bicyclic) bond motifs is 1. The molecule has 8 heteroatoms. The Morgan fingerprint density at radius 1 is 1.35 bits per heavy atom. The van der Waals surface area contributed by atoms with Crippen LogP contribution in [0.5, 0.6) is 0 Å². The van der Waals surface area contributed by atoms with Gasteiger partial charge in [-0.25, -0.2) is 14.8 Å². The number of urea groups is 1. The smallest absolute Gasteiger partial charge is 0.320 e. The molecular formula is C18H20N6O2. The number of pyridine rings is 3. The molecule has 1 atom stereocenters. The van der Waals surface area contributed by atoms with E-state index >= 15 is 0 Å². The molecule has 3 rings (SSSR count). The van der Waals surface area contributed by atoms with E-state index in [1.165, 1.54) is 0 Å². The third-order valence-electron chi connectivity index (χ3n) is 3.95. The zero-order chi connectivity index (χ0) is 18.7. The van der Waals surface area contributed by atoms with E-state index in [4.69, 9.17) is 10.8 Å². The van der Waals surface area contributed by atoms with Crippen LogP contribution in [0.25, 0.3) is 22.0 Å². The number of carbonyl (C=O) groups is 1. The number of anilines is 2. The maximum atomic E-state index is 11.9. The summed E-state index contributed by atoms with van der Waals surface area (Å²) in [7, 11) is 0. The number of nitrogens with two attached hydrogens (primary N) is 1. The highest BCUT2D eigenvalue weighted by Crippen LogP contribution is 2.28. The Balaban J connectivity index is 1.95. The van der Waals surface area contributed by atoms with Gasteiger partial charge >= 0.3 is 6.03 Å². The summed E-state index contributed by atoms with van der Waals surface area (Å²) < 4.78 is 0. The van der Waals surface area contributed by atoms with Gasteiger partial charge in [-0.1, -0.05) is 0 Å². The van der Waals surface area contributed by atoms with E-state index in [1.807, 2.05) is 19.1 Å². The van der Waals surface area contributed by atoms with Gasteiger partial charge in [0.25, 0.3) is 0 Å². The van der Waals surface area contributed by atoms with Gasteiger partial charge in [-0.15, -0.1) is 0 Å². The van der Waals surface area contributed by atoms with E-state index in [1.54, 1.807) is 31.6 Å². The first-order chi connectivity index (χ1) is 12.5. The standard InChI is InChI=1S/C18H20N6O2/c1-10-3-4-20-7-13(10)15-5-12-6-16(21-8-14(12)17(19)23-15)24-18(26)22-11(2)9-25/h3-8,11,25H,9H2,1-2H3,(H2,19,23)(H2,21,22,24,26)/t11-/m1/s1. The largest absolute Gasteiger partial charge is 0.394 e. The van der Waals surface area contributed by atoms with E-state index in [-0.39, 0.29) is 12.6 Å². The van der Waals surface area contributed by atoms with Crippen molar-refractivity contribution in [3.05, 3.63) is 42.4 Å². The Morgan fingerprint density at radius 3 is 2.88 bits per heavy atom. The molecule has 2 amide bonds. The van der Waals surface area contributed by atoms with Crippen LogP contribution < -0.4 is 16.4 Å². The summed E-state index contributed by atoms with van der Waals surface area (Å²) in [4.78, 5) is 24.7. The van der Waals surface area contributed by atoms with Gasteiger partial charge in [-0.05, 0) is 43.0 Å². The minimum Gasteiger partial charge on any atom is -0.394 e. The molecule has 0 aliphatic carbocycles. The van der Waals surface area contributed by atoms with Crippen LogP contribution in [0.4, 0.5) is 16.4 Å². The lowest BCUT2D eigenvalue weighted by Gasteiger charge is -2.12. The van der Waals surface area contributed by atoms with Crippen molar-refractivity contribution in [3.8, 4) is 11.3 Å². The fraction of sp³-hybridized carbons (Fsp3) is 0.222. The van der Waals surface area contributed by atoms with Crippen LogP contribution >= 0.6 is 0 Å². The van der Waals surface area contributed by atoms with Gasteiger partial charge in [-0.2, -0.15) is 0 Å². The number of aliphatic hydroxyl groups is 1. The number of nitrogens with zero attached hydrogens (tertiary/aromatic N) is 3. The Kier molecular flexibility index (Phi) is 4.94. The maximum absolute atomic E-state index is 11.9. The maximum Gasteiger partial charge on any atom is 0.320 e. The van der Waals surface area contributed by atoms with Crippen molar-refractivity contribution in [2.24, 2.45) is 0 Å². The van der Waals surface area contributed by atoms with Gasteiger partial charge in [0.2, 0.25) is 0 Å². The summed E-state index contributed by atoms with van der Waals surface area (Å²) in [6, 6.07) is 4.73. The predicted molar refractivity (Wildman–Crippen MR) is 101 cm³/mol. The Morgan fingerprint density at radius 2 is 2.15 bits per heavy atom. The molecule has 0 saturated heterocycles. The van der Waals surface area contributed by atoms with Crippen LogP contribution in [0.3, 0.4) is 0 Å². The molecular weight excluding hydrogens is 332 g/mol. The molecule has 0 aliphatic heterocycles. The monoisotopic (exact) mass is 352 g/mol. The molecule has 134 valence electrons. The summed E-state index contributed by atoms with van der Waals surface area (Å²) in [6.45, 7) is 3.53. The number of aryl methyl sites for hydroxylation is 1. The summed E-state index contributed by atoms with van der Waals surface area (Å²) in [6.07, 6.45) is 5.04. The predicted octanol–water partition coefficient (Wildman–Crippen LogP) is 2.08. The number of amides is 2. The highest BCUT2D eigenvalue weighted by atomic mass is 16.3. The molecule has 5 N–H and O–H groups in total. The number of carbonyl (C=O) groups excluding carboxylic acids is 1. The molecule has 8 nitrogen and oxygen atoms in total. The van der Waals surface area contributed by atoms with E-state index in [2.05, 4.69) is 25.6 Å². The second-order valence-electron chi connectivity index (χ2n) is 6.06. The van der Waals surface area contributed by atoms with Gasteiger partial charge in [0.05, 0.1) is 18.3 Å². The van der Waals surface area contributed by atoms with E-state index in [9.17, 15) is 4.79 Å². The van der Waals surface area contributed by atoms with Crippen molar-refractivity contribution in [3.63, 3.8) is 0 Å². The molecule has 0 spiro atoms. The molecule has 0 unspecified atom stereocenters. The van der Waals surface area contributed by atoms with Gasteiger partial charge in [0, 0.05) is 29.5 Å². The van der Waals surface area contributed by atoms with Crippen LogP contribution in [-0.2, 0) is 0 Å². The first-order valence-electron chi connectivity index (χ1n) is 8.13. The fourth-order valence-corrected chi connectivity index (χ4v) is 2.53. The van der Waals surface area contributed by atoms with Gasteiger partial charge in [0.15, 0.2) is 0 Å². The molecule has 0 saturated carbocycles. The van der Waals surface area contributed by atoms with E-state index in [0.29, 0.717) is 22.7 Å². The topological polar surface area (TPSA) is 126 Å². The summed E-state index contributed by atoms with van der Waals surface area (Å²) in [5, 5.41) is 15.7. The van der Waals surface area contributed by atoms with Crippen LogP contribution in [0.15, 0.2) is 36.8 Å².